The number of aromatic nitrogens is 1. The maximum Gasteiger partial charge on any atom is 0.313 e. The van der Waals surface area contributed by atoms with Gasteiger partial charge in [0.15, 0.2) is 0 Å². The molecular weight excluding hydrogens is 292 g/mol. The second-order valence-corrected chi connectivity index (χ2v) is 6.30. The van der Waals surface area contributed by atoms with E-state index >= 15 is 0 Å². The molecule has 1 saturated carbocycles. The molecule has 7 heteroatoms. The van der Waals surface area contributed by atoms with Gasteiger partial charge in [-0.1, -0.05) is 30.9 Å². The molecule has 1 aliphatic heterocycles. The van der Waals surface area contributed by atoms with Crippen molar-refractivity contribution in [1.29, 1.82) is 0 Å². The van der Waals surface area contributed by atoms with Crippen LogP contribution >= 0.6 is 11.6 Å². The number of nitrogens with one attached hydrogen (secondary N) is 1. The maximum absolute atomic E-state index is 11.4. The second kappa shape index (κ2) is 5.77. The van der Waals surface area contributed by atoms with Crippen molar-refractivity contribution in [3.63, 3.8) is 0 Å². The molecule has 0 radical (unpaired) electrons. The Bertz CT molecular complexity index is 538. The molecule has 0 atom stereocenters. The van der Waals surface area contributed by atoms with Gasteiger partial charge in [-0.3, -0.25) is 10.1 Å². The van der Waals surface area contributed by atoms with Gasteiger partial charge in [0, 0.05) is 31.9 Å². The zero-order valence-electron chi connectivity index (χ0n) is 11.8. The molecule has 21 heavy (non-hydrogen) atoms. The number of hydrogen-bond acceptors (Lipinski definition) is 5. The Balaban J connectivity index is 2.02. The van der Waals surface area contributed by atoms with E-state index < -0.39 is 0 Å². The quantitative estimate of drug-likeness (QED) is 0.672. The minimum atomic E-state index is -0.382. The summed E-state index contributed by atoms with van der Waals surface area (Å²) in [5.41, 5.74) is -0.0309. The summed E-state index contributed by atoms with van der Waals surface area (Å²) in [5, 5.41) is 15.1. The Hall–Kier alpha value is -1.40. The molecule has 114 valence electrons. The van der Waals surface area contributed by atoms with Gasteiger partial charge in [-0.25, -0.2) is 4.98 Å². The third kappa shape index (κ3) is 2.70. The van der Waals surface area contributed by atoms with E-state index in [0.717, 1.165) is 32.5 Å². The highest BCUT2D eigenvalue weighted by Crippen LogP contribution is 2.40. The van der Waals surface area contributed by atoms with Gasteiger partial charge in [-0.2, -0.15) is 0 Å². The van der Waals surface area contributed by atoms with Crippen molar-refractivity contribution in [3.05, 3.63) is 27.4 Å². The zero-order chi connectivity index (χ0) is 14.9. The third-order valence-corrected chi connectivity index (χ3v) is 4.80. The number of hydrogen-bond donors (Lipinski definition) is 1. The molecule has 1 saturated heterocycles. The van der Waals surface area contributed by atoms with Crippen molar-refractivity contribution >= 4 is 23.1 Å². The van der Waals surface area contributed by atoms with E-state index in [1.807, 2.05) is 0 Å². The Kier molecular flexibility index (Phi) is 3.99. The van der Waals surface area contributed by atoms with Gasteiger partial charge in [0.25, 0.3) is 0 Å². The van der Waals surface area contributed by atoms with Crippen molar-refractivity contribution in [3.8, 4) is 0 Å². The van der Waals surface area contributed by atoms with Gasteiger partial charge < -0.3 is 10.2 Å². The standard InChI is InChI=1S/C14H19ClN4O2/c15-11-8-12(19(20)21)13(17-9-11)18-7-6-16-10-14(18)4-2-1-3-5-14/h8-9,16H,1-7,10H2. The first kappa shape index (κ1) is 14.5. The molecule has 2 aliphatic rings. The molecule has 6 nitrogen and oxygen atoms in total. The number of nitro groups is 1. The molecule has 2 fully saturated rings. The molecule has 1 aromatic heterocycles. The first-order valence-corrected chi connectivity index (χ1v) is 7.78. The fourth-order valence-corrected chi connectivity index (χ4v) is 3.75. The van der Waals surface area contributed by atoms with E-state index in [2.05, 4.69) is 15.2 Å². The molecule has 0 bridgehead atoms. The summed E-state index contributed by atoms with van der Waals surface area (Å²) in [6.07, 6.45) is 7.19. The number of anilines is 1. The van der Waals surface area contributed by atoms with Crippen LogP contribution in [0, 0.1) is 10.1 Å². The molecule has 2 heterocycles. The van der Waals surface area contributed by atoms with E-state index in [1.165, 1.54) is 31.5 Å². The highest BCUT2D eigenvalue weighted by Gasteiger charge is 2.42. The summed E-state index contributed by atoms with van der Waals surface area (Å²) >= 11 is 5.88. The van der Waals surface area contributed by atoms with Crippen LogP contribution in [0.15, 0.2) is 12.3 Å². The van der Waals surface area contributed by atoms with Crippen molar-refractivity contribution in [2.24, 2.45) is 0 Å². The summed E-state index contributed by atoms with van der Waals surface area (Å²) in [7, 11) is 0. The lowest BCUT2D eigenvalue weighted by Gasteiger charge is -2.50. The van der Waals surface area contributed by atoms with Crippen LogP contribution in [0.25, 0.3) is 0 Å². The lowest BCUT2D eigenvalue weighted by Crippen LogP contribution is -2.62. The first-order valence-electron chi connectivity index (χ1n) is 7.41. The normalized spacial score (nSPS) is 21.5. The summed E-state index contributed by atoms with van der Waals surface area (Å²) in [6.45, 7) is 2.44. The number of rotatable bonds is 2. The van der Waals surface area contributed by atoms with E-state index in [0.29, 0.717) is 10.8 Å². The van der Waals surface area contributed by atoms with E-state index in [1.54, 1.807) is 0 Å². The van der Waals surface area contributed by atoms with Crippen LogP contribution in [-0.4, -0.2) is 35.1 Å². The highest BCUT2D eigenvalue weighted by molar-refractivity contribution is 6.30. The zero-order valence-corrected chi connectivity index (χ0v) is 12.6. The Labute approximate surface area is 128 Å². The van der Waals surface area contributed by atoms with Gasteiger partial charge in [0.2, 0.25) is 5.82 Å². The Morgan fingerprint density at radius 1 is 1.38 bits per heavy atom. The largest absolute Gasteiger partial charge is 0.343 e. The summed E-state index contributed by atoms with van der Waals surface area (Å²) in [5.74, 6) is 0.466. The van der Waals surface area contributed by atoms with E-state index in [-0.39, 0.29) is 16.1 Å². The van der Waals surface area contributed by atoms with Gasteiger partial charge in [-0.05, 0) is 12.8 Å². The molecule has 1 spiro atoms. The third-order valence-electron chi connectivity index (χ3n) is 4.59. The van der Waals surface area contributed by atoms with Crippen LogP contribution in [-0.2, 0) is 0 Å². The lowest BCUT2D eigenvalue weighted by molar-refractivity contribution is -0.384. The van der Waals surface area contributed by atoms with Crippen LogP contribution in [0.2, 0.25) is 5.02 Å². The maximum atomic E-state index is 11.4. The van der Waals surface area contributed by atoms with Crippen LogP contribution in [0.3, 0.4) is 0 Å². The van der Waals surface area contributed by atoms with Gasteiger partial charge in [0.05, 0.1) is 15.5 Å². The number of piperazine rings is 1. The lowest BCUT2D eigenvalue weighted by atomic mass is 9.79. The van der Waals surface area contributed by atoms with Gasteiger partial charge >= 0.3 is 5.69 Å². The van der Waals surface area contributed by atoms with Crippen molar-refractivity contribution in [2.45, 2.75) is 37.6 Å². The average molecular weight is 311 g/mol. The Morgan fingerprint density at radius 2 is 2.14 bits per heavy atom. The second-order valence-electron chi connectivity index (χ2n) is 5.87. The molecule has 0 unspecified atom stereocenters. The molecule has 3 rings (SSSR count). The topological polar surface area (TPSA) is 71.3 Å². The van der Waals surface area contributed by atoms with Crippen LogP contribution < -0.4 is 10.2 Å². The number of halogens is 1. The summed E-state index contributed by atoms with van der Waals surface area (Å²) in [6, 6.07) is 1.41. The molecule has 1 aliphatic carbocycles. The van der Waals surface area contributed by atoms with Crippen molar-refractivity contribution in [1.82, 2.24) is 10.3 Å². The van der Waals surface area contributed by atoms with Crippen molar-refractivity contribution < 1.29 is 4.92 Å². The molecule has 0 aromatic carbocycles. The average Bonchev–Trinajstić information content (AvgIpc) is 2.49. The van der Waals surface area contributed by atoms with Crippen LogP contribution in [0.5, 0.6) is 0 Å². The minimum absolute atomic E-state index is 0.00866. The van der Waals surface area contributed by atoms with E-state index in [9.17, 15) is 10.1 Å². The first-order chi connectivity index (χ1) is 10.1. The minimum Gasteiger partial charge on any atom is -0.343 e. The highest BCUT2D eigenvalue weighted by atomic mass is 35.5. The molecular formula is C14H19ClN4O2. The summed E-state index contributed by atoms with van der Waals surface area (Å²) in [4.78, 5) is 17.4. The SMILES string of the molecule is O=[N+]([O-])c1cc(Cl)cnc1N1CCNCC12CCCCC2. The van der Waals surface area contributed by atoms with Crippen LogP contribution in [0.1, 0.15) is 32.1 Å². The fraction of sp³-hybridized carbons (Fsp3) is 0.643. The number of pyridine rings is 1. The Morgan fingerprint density at radius 3 is 2.86 bits per heavy atom. The predicted octanol–water partition coefficient (Wildman–Crippen LogP) is 2.76. The molecule has 1 aromatic rings. The fourth-order valence-electron chi connectivity index (χ4n) is 3.60. The monoisotopic (exact) mass is 310 g/mol. The predicted molar refractivity (Wildman–Crippen MR) is 81.9 cm³/mol. The van der Waals surface area contributed by atoms with Crippen LogP contribution in [0.4, 0.5) is 11.5 Å². The molecule has 0 amide bonds. The van der Waals surface area contributed by atoms with E-state index in [4.69, 9.17) is 11.6 Å². The number of nitrogens with zero attached hydrogens (tertiary/aromatic N) is 3. The van der Waals surface area contributed by atoms with Crippen molar-refractivity contribution in [2.75, 3.05) is 24.5 Å². The van der Waals surface area contributed by atoms with Gasteiger partial charge in [-0.15, -0.1) is 0 Å². The summed E-state index contributed by atoms with van der Waals surface area (Å²) < 4.78 is 0. The molecule has 1 N–H and O–H groups in total. The smallest absolute Gasteiger partial charge is 0.313 e. The van der Waals surface area contributed by atoms with Gasteiger partial charge in [0.1, 0.15) is 0 Å².